The van der Waals surface area contributed by atoms with Crippen LogP contribution in [0.4, 0.5) is 4.39 Å². The lowest BCUT2D eigenvalue weighted by atomic mass is 10.0. The van der Waals surface area contributed by atoms with Gasteiger partial charge < -0.3 is 10.1 Å². The molecule has 0 amide bonds. The molecule has 112 valence electrons. The third-order valence-electron chi connectivity index (χ3n) is 3.56. The Morgan fingerprint density at radius 3 is 2.19 bits per heavy atom. The number of ether oxygens (including phenoxy) is 1. The summed E-state index contributed by atoms with van der Waals surface area (Å²) in [5.41, 5.74) is 1.76. The van der Waals surface area contributed by atoms with Crippen molar-refractivity contribution < 1.29 is 9.13 Å². The van der Waals surface area contributed by atoms with E-state index in [4.69, 9.17) is 4.74 Å². The van der Waals surface area contributed by atoms with Gasteiger partial charge in [0, 0.05) is 23.2 Å². The summed E-state index contributed by atoms with van der Waals surface area (Å²) in [7, 11) is 0. The predicted molar refractivity (Wildman–Crippen MR) is 84.0 cm³/mol. The fraction of sp³-hybridized carbons (Fsp3) is 0.333. The maximum atomic E-state index is 13.8. The van der Waals surface area contributed by atoms with E-state index in [1.165, 1.54) is 6.07 Å². The van der Waals surface area contributed by atoms with Gasteiger partial charge in [-0.15, -0.1) is 0 Å². The van der Waals surface area contributed by atoms with Gasteiger partial charge in [-0.3, -0.25) is 0 Å². The summed E-state index contributed by atoms with van der Waals surface area (Å²) in [4.78, 5) is 0. The molecule has 1 N–H and O–H groups in total. The average molecular weight is 287 g/mol. The molecule has 0 aromatic heterocycles. The van der Waals surface area contributed by atoms with E-state index in [0.29, 0.717) is 12.2 Å². The summed E-state index contributed by atoms with van der Waals surface area (Å²) in [5.74, 6) is 0.698. The van der Waals surface area contributed by atoms with Crippen molar-refractivity contribution in [1.29, 1.82) is 0 Å². The molecule has 0 aliphatic carbocycles. The first kappa shape index (κ1) is 15.5. The highest BCUT2D eigenvalue weighted by atomic mass is 19.1. The SMILES string of the molecule is CCOc1ccccc1C(C)N[C@H](C)c1ccccc1F. The summed E-state index contributed by atoms with van der Waals surface area (Å²) in [6, 6.07) is 14.8. The maximum absolute atomic E-state index is 13.8. The smallest absolute Gasteiger partial charge is 0.127 e. The zero-order valence-corrected chi connectivity index (χ0v) is 12.8. The van der Waals surface area contributed by atoms with Crippen molar-refractivity contribution in [2.45, 2.75) is 32.9 Å². The minimum absolute atomic E-state index is 0.0716. The number of halogens is 1. The van der Waals surface area contributed by atoms with Gasteiger partial charge in [-0.25, -0.2) is 4.39 Å². The van der Waals surface area contributed by atoms with Gasteiger partial charge in [0.2, 0.25) is 0 Å². The number of nitrogens with one attached hydrogen (secondary N) is 1. The molecule has 2 aromatic rings. The summed E-state index contributed by atoms with van der Waals surface area (Å²) in [6.07, 6.45) is 0. The van der Waals surface area contributed by atoms with E-state index in [9.17, 15) is 4.39 Å². The molecule has 0 spiro atoms. The van der Waals surface area contributed by atoms with Gasteiger partial charge in [-0.1, -0.05) is 36.4 Å². The second kappa shape index (κ2) is 7.23. The lowest BCUT2D eigenvalue weighted by Gasteiger charge is -2.23. The van der Waals surface area contributed by atoms with E-state index < -0.39 is 0 Å². The van der Waals surface area contributed by atoms with Crippen LogP contribution >= 0.6 is 0 Å². The molecule has 0 aliphatic rings. The van der Waals surface area contributed by atoms with Crippen LogP contribution in [0.15, 0.2) is 48.5 Å². The van der Waals surface area contributed by atoms with E-state index in [2.05, 4.69) is 12.2 Å². The van der Waals surface area contributed by atoms with Crippen LogP contribution in [0, 0.1) is 5.82 Å². The van der Waals surface area contributed by atoms with E-state index in [1.807, 2.05) is 50.2 Å². The molecule has 0 bridgehead atoms. The molecular formula is C18H22FNO. The lowest BCUT2D eigenvalue weighted by Crippen LogP contribution is -2.23. The fourth-order valence-electron chi connectivity index (χ4n) is 2.51. The second-order valence-electron chi connectivity index (χ2n) is 5.10. The van der Waals surface area contributed by atoms with E-state index in [1.54, 1.807) is 6.07 Å². The molecule has 21 heavy (non-hydrogen) atoms. The Morgan fingerprint density at radius 2 is 1.52 bits per heavy atom. The number of hydrogen-bond acceptors (Lipinski definition) is 2. The third kappa shape index (κ3) is 3.82. The van der Waals surface area contributed by atoms with Gasteiger partial charge in [0.15, 0.2) is 0 Å². The Morgan fingerprint density at radius 1 is 0.952 bits per heavy atom. The third-order valence-corrected chi connectivity index (χ3v) is 3.56. The van der Waals surface area contributed by atoms with Crippen LogP contribution < -0.4 is 10.1 Å². The van der Waals surface area contributed by atoms with Crippen LogP contribution in [0.2, 0.25) is 0 Å². The molecule has 0 saturated heterocycles. The van der Waals surface area contributed by atoms with E-state index >= 15 is 0 Å². The molecule has 0 heterocycles. The molecule has 0 saturated carbocycles. The average Bonchev–Trinajstić information content (AvgIpc) is 2.48. The van der Waals surface area contributed by atoms with Crippen molar-refractivity contribution in [1.82, 2.24) is 5.32 Å². The Hall–Kier alpha value is -1.87. The largest absolute Gasteiger partial charge is 0.494 e. The molecule has 0 radical (unpaired) electrons. The highest BCUT2D eigenvalue weighted by Gasteiger charge is 2.16. The summed E-state index contributed by atoms with van der Waals surface area (Å²) < 4.78 is 19.5. The minimum Gasteiger partial charge on any atom is -0.494 e. The monoisotopic (exact) mass is 287 g/mol. The Bertz CT molecular complexity index is 585. The Balaban J connectivity index is 2.14. The van der Waals surface area contributed by atoms with Gasteiger partial charge in [-0.05, 0) is 32.9 Å². The number of para-hydroxylation sites is 1. The van der Waals surface area contributed by atoms with Crippen LogP contribution in [-0.2, 0) is 0 Å². The van der Waals surface area contributed by atoms with Gasteiger partial charge in [0.1, 0.15) is 11.6 Å². The molecule has 3 heteroatoms. The first-order valence-electron chi connectivity index (χ1n) is 7.35. The summed E-state index contributed by atoms with van der Waals surface area (Å²) in [6.45, 7) is 6.64. The quantitative estimate of drug-likeness (QED) is 0.836. The van der Waals surface area contributed by atoms with Crippen molar-refractivity contribution in [2.24, 2.45) is 0 Å². The summed E-state index contributed by atoms with van der Waals surface area (Å²) >= 11 is 0. The number of benzene rings is 2. The molecule has 0 aliphatic heterocycles. The minimum atomic E-state index is -0.178. The second-order valence-corrected chi connectivity index (χ2v) is 5.10. The van der Waals surface area contributed by atoms with Crippen LogP contribution in [0.1, 0.15) is 44.0 Å². The van der Waals surface area contributed by atoms with Crippen LogP contribution in [0.3, 0.4) is 0 Å². The first-order chi connectivity index (χ1) is 10.1. The summed E-state index contributed by atoms with van der Waals surface area (Å²) in [5, 5.41) is 3.43. The maximum Gasteiger partial charge on any atom is 0.127 e. The van der Waals surface area contributed by atoms with Gasteiger partial charge >= 0.3 is 0 Å². The molecule has 2 aromatic carbocycles. The Kier molecular flexibility index (Phi) is 5.34. The molecule has 2 rings (SSSR count). The highest BCUT2D eigenvalue weighted by molar-refractivity contribution is 5.36. The van der Waals surface area contributed by atoms with Crippen molar-refractivity contribution in [3.63, 3.8) is 0 Å². The van der Waals surface area contributed by atoms with Gasteiger partial charge in [0.25, 0.3) is 0 Å². The standard InChI is InChI=1S/C18H22FNO/c1-4-21-18-12-8-6-10-16(18)14(3)20-13(2)15-9-5-7-11-17(15)19/h5-14,20H,4H2,1-3H3/t13-,14?/m1/s1. The molecule has 0 fully saturated rings. The topological polar surface area (TPSA) is 21.3 Å². The van der Waals surface area contributed by atoms with Gasteiger partial charge in [0.05, 0.1) is 6.61 Å². The van der Waals surface area contributed by atoms with Crippen molar-refractivity contribution in [3.8, 4) is 5.75 Å². The zero-order valence-electron chi connectivity index (χ0n) is 12.8. The molecule has 1 unspecified atom stereocenters. The number of hydrogen-bond donors (Lipinski definition) is 1. The van der Waals surface area contributed by atoms with Gasteiger partial charge in [-0.2, -0.15) is 0 Å². The first-order valence-corrected chi connectivity index (χ1v) is 7.35. The normalized spacial score (nSPS) is 13.7. The predicted octanol–water partition coefficient (Wildman–Crippen LogP) is 4.64. The Labute approximate surface area is 126 Å². The van der Waals surface area contributed by atoms with Crippen molar-refractivity contribution in [3.05, 3.63) is 65.5 Å². The molecular weight excluding hydrogens is 265 g/mol. The lowest BCUT2D eigenvalue weighted by molar-refractivity contribution is 0.330. The van der Waals surface area contributed by atoms with Crippen LogP contribution in [0.5, 0.6) is 5.75 Å². The van der Waals surface area contributed by atoms with Crippen molar-refractivity contribution >= 4 is 0 Å². The van der Waals surface area contributed by atoms with Crippen molar-refractivity contribution in [2.75, 3.05) is 6.61 Å². The van der Waals surface area contributed by atoms with E-state index in [-0.39, 0.29) is 17.9 Å². The molecule has 2 atom stereocenters. The molecule has 2 nitrogen and oxygen atoms in total. The van der Waals surface area contributed by atoms with Crippen LogP contribution in [0.25, 0.3) is 0 Å². The zero-order chi connectivity index (χ0) is 15.2. The van der Waals surface area contributed by atoms with E-state index in [0.717, 1.165) is 11.3 Å². The number of rotatable bonds is 6. The fourth-order valence-corrected chi connectivity index (χ4v) is 2.51. The highest BCUT2D eigenvalue weighted by Crippen LogP contribution is 2.27. The van der Waals surface area contributed by atoms with Crippen LogP contribution in [-0.4, -0.2) is 6.61 Å².